The number of nitrogens with zero attached hydrogens (tertiary/aromatic N) is 3. The Balaban J connectivity index is 0.00000253. The molecule has 1 N–H and O–H groups in total. The molecule has 6 rings (SSSR count). The number of H-pyrrole nitrogens is 1. The maximum absolute atomic E-state index is 13.6. The average Bonchev–Trinajstić information content (AvgIpc) is 3.48. The van der Waals surface area contributed by atoms with Crippen molar-refractivity contribution >= 4 is 52.2 Å². The van der Waals surface area contributed by atoms with E-state index in [2.05, 4.69) is 9.97 Å². The number of halogens is 2. The van der Waals surface area contributed by atoms with Crippen molar-refractivity contribution in [1.82, 2.24) is 14.4 Å². The molecule has 1 amide bonds. The van der Waals surface area contributed by atoms with E-state index in [0.717, 1.165) is 41.9 Å². The summed E-state index contributed by atoms with van der Waals surface area (Å²) in [4.78, 5) is 35.8. The Hall–Kier alpha value is -3.07. The number of hydrogen-bond acceptors (Lipinski definition) is 5. The fraction of sp³-hybridized carbons (Fsp3) is 0.320. The van der Waals surface area contributed by atoms with E-state index in [4.69, 9.17) is 21.1 Å². The lowest BCUT2D eigenvalue weighted by Gasteiger charge is -2.22. The number of rotatable bonds is 3. The van der Waals surface area contributed by atoms with Gasteiger partial charge in [-0.05, 0) is 49.1 Å². The number of benzene rings is 2. The number of aromatic nitrogens is 3. The van der Waals surface area contributed by atoms with E-state index in [9.17, 15) is 9.59 Å². The first-order chi connectivity index (χ1) is 16.5. The zero-order chi connectivity index (χ0) is 23.4. The quantitative estimate of drug-likeness (QED) is 0.438. The molecular formula is C25H24Cl2N4O4. The number of amides is 1. The van der Waals surface area contributed by atoms with Gasteiger partial charge in [-0.2, -0.15) is 0 Å². The molecule has 10 heteroatoms. The van der Waals surface area contributed by atoms with Crippen molar-refractivity contribution in [1.29, 1.82) is 0 Å². The fourth-order valence-corrected chi connectivity index (χ4v) is 5.32. The molecule has 4 heterocycles. The molecule has 0 atom stereocenters. The van der Waals surface area contributed by atoms with Crippen LogP contribution >= 0.6 is 24.0 Å². The van der Waals surface area contributed by atoms with Gasteiger partial charge in [0.05, 0.1) is 29.9 Å². The number of carbonyl (C=O) groups excluding carboxylic acids is 1. The molecule has 35 heavy (non-hydrogen) atoms. The largest absolute Gasteiger partial charge is 0.496 e. The number of carbonyl (C=O) groups is 1. The lowest BCUT2D eigenvalue weighted by atomic mass is 9.99. The van der Waals surface area contributed by atoms with Gasteiger partial charge >= 0.3 is 0 Å². The van der Waals surface area contributed by atoms with Crippen LogP contribution in [0.25, 0.3) is 16.6 Å². The molecule has 0 saturated carbocycles. The van der Waals surface area contributed by atoms with Crippen molar-refractivity contribution in [3.63, 3.8) is 0 Å². The van der Waals surface area contributed by atoms with Crippen LogP contribution in [0.4, 0.5) is 5.69 Å². The molecule has 1 saturated heterocycles. The maximum atomic E-state index is 13.6. The summed E-state index contributed by atoms with van der Waals surface area (Å²) >= 11 is 6.13. The molecule has 2 aliphatic heterocycles. The topological polar surface area (TPSA) is 88.9 Å². The molecule has 0 spiro atoms. The van der Waals surface area contributed by atoms with Crippen molar-refractivity contribution < 1.29 is 14.3 Å². The molecule has 4 aromatic rings. The monoisotopic (exact) mass is 514 g/mol. The Bertz CT molecular complexity index is 1510. The summed E-state index contributed by atoms with van der Waals surface area (Å²) in [5.74, 6) is 1.29. The highest BCUT2D eigenvalue weighted by Crippen LogP contribution is 2.35. The number of imidazole rings is 1. The molecule has 2 aliphatic rings. The second-order valence-corrected chi connectivity index (χ2v) is 9.16. The molecule has 0 bridgehead atoms. The van der Waals surface area contributed by atoms with Crippen LogP contribution in [0.1, 0.15) is 40.5 Å². The van der Waals surface area contributed by atoms with Gasteiger partial charge in [0, 0.05) is 42.5 Å². The Morgan fingerprint density at radius 1 is 1.20 bits per heavy atom. The molecule has 0 radical (unpaired) electrons. The summed E-state index contributed by atoms with van der Waals surface area (Å²) in [5.41, 5.74) is 3.80. The molecule has 1 fully saturated rings. The van der Waals surface area contributed by atoms with Crippen LogP contribution < -0.4 is 15.2 Å². The SMILES string of the molecule is COc1cc2c(cc1C(=O)N1CCc3cc(Cl)ccc31)[nH]c(=O)c1cnc(C3CCOCC3)n12.Cl. The van der Waals surface area contributed by atoms with Crippen molar-refractivity contribution in [2.75, 3.05) is 31.8 Å². The number of anilines is 1. The van der Waals surface area contributed by atoms with Crippen molar-refractivity contribution in [2.24, 2.45) is 0 Å². The van der Waals surface area contributed by atoms with E-state index < -0.39 is 0 Å². The summed E-state index contributed by atoms with van der Waals surface area (Å²) < 4.78 is 13.1. The van der Waals surface area contributed by atoms with Crippen LogP contribution in [0.2, 0.25) is 5.02 Å². The molecule has 2 aromatic heterocycles. The molecule has 0 unspecified atom stereocenters. The first kappa shape index (κ1) is 23.7. The molecule has 8 nitrogen and oxygen atoms in total. The molecule has 0 aliphatic carbocycles. The van der Waals surface area contributed by atoms with E-state index >= 15 is 0 Å². The lowest BCUT2D eigenvalue weighted by molar-refractivity contribution is 0.0835. The minimum Gasteiger partial charge on any atom is -0.496 e. The van der Waals surface area contributed by atoms with Crippen LogP contribution in [0.3, 0.4) is 0 Å². The average molecular weight is 515 g/mol. The first-order valence-electron chi connectivity index (χ1n) is 11.3. The molecule has 2 aromatic carbocycles. The van der Waals surface area contributed by atoms with Crippen LogP contribution in [-0.4, -0.2) is 47.1 Å². The summed E-state index contributed by atoms with van der Waals surface area (Å²) in [7, 11) is 1.55. The summed E-state index contributed by atoms with van der Waals surface area (Å²) in [6.07, 6.45) is 4.04. The number of hydrogen-bond donors (Lipinski definition) is 1. The van der Waals surface area contributed by atoms with Crippen LogP contribution in [0.15, 0.2) is 41.3 Å². The third kappa shape index (κ3) is 3.86. The fourth-order valence-electron chi connectivity index (χ4n) is 5.13. The van der Waals surface area contributed by atoms with E-state index in [1.165, 1.54) is 0 Å². The number of nitrogens with one attached hydrogen (secondary N) is 1. The summed E-state index contributed by atoms with van der Waals surface area (Å²) in [6.45, 7) is 1.90. The number of fused-ring (bicyclic) bond motifs is 4. The smallest absolute Gasteiger partial charge is 0.274 e. The van der Waals surface area contributed by atoms with Gasteiger partial charge in [0.2, 0.25) is 0 Å². The third-order valence-corrected chi connectivity index (χ3v) is 7.06. The summed E-state index contributed by atoms with van der Waals surface area (Å²) in [5, 5.41) is 0.651. The Morgan fingerprint density at radius 2 is 2.00 bits per heavy atom. The normalized spacial score (nSPS) is 15.9. The third-order valence-electron chi connectivity index (χ3n) is 6.83. The van der Waals surface area contributed by atoms with Crippen molar-refractivity contribution in [2.45, 2.75) is 25.2 Å². The zero-order valence-corrected chi connectivity index (χ0v) is 20.6. The highest BCUT2D eigenvalue weighted by molar-refractivity contribution is 6.30. The number of methoxy groups -OCH3 is 1. The van der Waals surface area contributed by atoms with Crippen LogP contribution in [0.5, 0.6) is 5.75 Å². The predicted octanol–water partition coefficient (Wildman–Crippen LogP) is 4.36. The predicted molar refractivity (Wildman–Crippen MR) is 137 cm³/mol. The Morgan fingerprint density at radius 3 is 2.77 bits per heavy atom. The summed E-state index contributed by atoms with van der Waals surface area (Å²) in [6, 6.07) is 9.07. The Labute approximate surface area is 212 Å². The first-order valence-corrected chi connectivity index (χ1v) is 11.7. The second kappa shape index (κ2) is 9.18. The van der Waals surface area contributed by atoms with Gasteiger partial charge in [-0.15, -0.1) is 12.4 Å². The van der Waals surface area contributed by atoms with E-state index in [1.807, 2.05) is 22.6 Å². The highest BCUT2D eigenvalue weighted by Gasteiger charge is 2.29. The van der Waals surface area contributed by atoms with Crippen molar-refractivity contribution in [3.8, 4) is 5.75 Å². The van der Waals surface area contributed by atoms with Gasteiger partial charge in [0.15, 0.2) is 0 Å². The van der Waals surface area contributed by atoms with Crippen LogP contribution in [-0.2, 0) is 11.2 Å². The minimum atomic E-state index is -0.247. The second-order valence-electron chi connectivity index (χ2n) is 8.73. The van der Waals surface area contributed by atoms with Gasteiger partial charge in [0.25, 0.3) is 11.5 Å². The van der Waals surface area contributed by atoms with E-state index in [0.29, 0.717) is 47.1 Å². The van der Waals surface area contributed by atoms with E-state index in [-0.39, 0.29) is 29.8 Å². The van der Waals surface area contributed by atoms with Gasteiger partial charge in [-0.1, -0.05) is 11.6 Å². The highest BCUT2D eigenvalue weighted by atomic mass is 35.5. The van der Waals surface area contributed by atoms with Gasteiger partial charge < -0.3 is 19.4 Å². The lowest BCUT2D eigenvalue weighted by Crippen LogP contribution is -2.29. The zero-order valence-electron chi connectivity index (χ0n) is 19.0. The number of aromatic amines is 1. The van der Waals surface area contributed by atoms with Gasteiger partial charge in [-0.3, -0.25) is 14.0 Å². The Kier molecular flexibility index (Phi) is 6.21. The van der Waals surface area contributed by atoms with Gasteiger partial charge in [-0.25, -0.2) is 4.98 Å². The number of ether oxygens (including phenoxy) is 2. The van der Waals surface area contributed by atoms with Gasteiger partial charge in [0.1, 0.15) is 17.1 Å². The van der Waals surface area contributed by atoms with Crippen LogP contribution in [0, 0.1) is 0 Å². The van der Waals surface area contributed by atoms with E-state index in [1.54, 1.807) is 30.3 Å². The van der Waals surface area contributed by atoms with Crippen molar-refractivity contribution in [3.05, 3.63) is 68.9 Å². The standard InChI is InChI=1S/C25H23ClN4O4.ClH/c1-33-22-12-20-18(11-17(22)25(32)29-7-4-15-10-16(26)2-3-19(15)29)28-24(31)21-13-27-23(30(20)21)14-5-8-34-9-6-14;/h2-3,10-14H,4-9H2,1H3,(H,28,31);1H. The molecular weight excluding hydrogens is 491 g/mol. The molecule has 182 valence electrons. The maximum Gasteiger partial charge on any atom is 0.274 e. The minimum absolute atomic E-state index is 0.